The second-order valence-electron chi connectivity index (χ2n) is 4.32. The molecule has 0 saturated carbocycles. The first-order chi connectivity index (χ1) is 10.1. The van der Waals surface area contributed by atoms with Crippen LogP contribution in [0.1, 0.15) is 15.9 Å². The lowest BCUT2D eigenvalue weighted by atomic mass is 10.0. The molecule has 0 fully saturated rings. The standard InChI is InChI=1S/C16H14BrClO3/c1-20-8-9-21-15-7-4-12(10-14(15)17)16(19)11-2-5-13(18)6-3-11/h2-7,10H,8-9H2,1H3. The maximum atomic E-state index is 12.4. The molecule has 2 aromatic carbocycles. The smallest absolute Gasteiger partial charge is 0.193 e. The van der Waals surface area contributed by atoms with Crippen molar-refractivity contribution in [3.05, 3.63) is 63.1 Å². The molecule has 2 aromatic rings. The van der Waals surface area contributed by atoms with Gasteiger partial charge in [0.2, 0.25) is 0 Å². The van der Waals surface area contributed by atoms with Crippen LogP contribution in [-0.4, -0.2) is 26.1 Å². The summed E-state index contributed by atoms with van der Waals surface area (Å²) in [5.41, 5.74) is 1.18. The molecule has 0 saturated heterocycles. The molecule has 0 atom stereocenters. The molecule has 0 bridgehead atoms. The summed E-state index contributed by atoms with van der Waals surface area (Å²) in [6.07, 6.45) is 0. The summed E-state index contributed by atoms with van der Waals surface area (Å²) in [6.45, 7) is 0.970. The first kappa shape index (κ1) is 16.0. The van der Waals surface area contributed by atoms with Gasteiger partial charge >= 0.3 is 0 Å². The second kappa shape index (κ2) is 7.59. The van der Waals surface area contributed by atoms with Crippen LogP contribution in [0.3, 0.4) is 0 Å². The van der Waals surface area contributed by atoms with Gasteiger partial charge in [0.05, 0.1) is 11.1 Å². The molecule has 5 heteroatoms. The van der Waals surface area contributed by atoms with Gasteiger partial charge in [-0.05, 0) is 58.4 Å². The predicted octanol–water partition coefficient (Wildman–Crippen LogP) is 4.36. The van der Waals surface area contributed by atoms with Crippen molar-refractivity contribution in [1.82, 2.24) is 0 Å². The van der Waals surface area contributed by atoms with Gasteiger partial charge in [-0.2, -0.15) is 0 Å². The molecule has 0 radical (unpaired) electrons. The van der Waals surface area contributed by atoms with E-state index in [2.05, 4.69) is 15.9 Å². The minimum atomic E-state index is -0.0594. The monoisotopic (exact) mass is 368 g/mol. The lowest BCUT2D eigenvalue weighted by molar-refractivity contribution is 0.103. The maximum Gasteiger partial charge on any atom is 0.193 e. The highest BCUT2D eigenvalue weighted by Crippen LogP contribution is 2.27. The van der Waals surface area contributed by atoms with Crippen LogP contribution in [0.15, 0.2) is 46.9 Å². The summed E-state index contributed by atoms with van der Waals surface area (Å²) in [6, 6.07) is 12.1. The number of ether oxygens (including phenoxy) is 2. The van der Waals surface area contributed by atoms with E-state index >= 15 is 0 Å². The topological polar surface area (TPSA) is 35.5 Å². The number of ketones is 1. The summed E-state index contributed by atoms with van der Waals surface area (Å²) < 4.78 is 11.2. The molecule has 21 heavy (non-hydrogen) atoms. The molecule has 0 N–H and O–H groups in total. The van der Waals surface area contributed by atoms with Crippen molar-refractivity contribution in [2.24, 2.45) is 0 Å². The zero-order chi connectivity index (χ0) is 15.2. The number of methoxy groups -OCH3 is 1. The number of carbonyl (C=O) groups excluding carboxylic acids is 1. The molecule has 2 rings (SSSR count). The van der Waals surface area contributed by atoms with Gasteiger partial charge in [-0.3, -0.25) is 4.79 Å². The average molecular weight is 370 g/mol. The third-order valence-electron chi connectivity index (χ3n) is 2.85. The van der Waals surface area contributed by atoms with Gasteiger partial charge in [-0.15, -0.1) is 0 Å². The Balaban J connectivity index is 2.15. The number of hydrogen-bond acceptors (Lipinski definition) is 3. The highest BCUT2D eigenvalue weighted by atomic mass is 79.9. The lowest BCUT2D eigenvalue weighted by Crippen LogP contribution is -2.06. The quantitative estimate of drug-likeness (QED) is 0.560. The molecule has 3 nitrogen and oxygen atoms in total. The first-order valence-corrected chi connectivity index (χ1v) is 7.50. The van der Waals surface area contributed by atoms with E-state index in [1.54, 1.807) is 49.6 Å². The molecule has 0 amide bonds. The number of benzene rings is 2. The minimum absolute atomic E-state index is 0.0594. The second-order valence-corrected chi connectivity index (χ2v) is 5.61. The molecular formula is C16H14BrClO3. The Kier molecular flexibility index (Phi) is 5.79. The summed E-state index contributed by atoms with van der Waals surface area (Å²) in [7, 11) is 1.62. The fraction of sp³-hybridized carbons (Fsp3) is 0.188. The molecule has 0 aromatic heterocycles. The normalized spacial score (nSPS) is 10.4. The average Bonchev–Trinajstić information content (AvgIpc) is 2.49. The SMILES string of the molecule is COCCOc1ccc(C(=O)c2ccc(Cl)cc2)cc1Br. The Hall–Kier alpha value is -1.36. The van der Waals surface area contributed by atoms with Crippen molar-refractivity contribution in [2.75, 3.05) is 20.3 Å². The number of halogens is 2. The van der Waals surface area contributed by atoms with Gasteiger partial charge in [0, 0.05) is 23.3 Å². The van der Waals surface area contributed by atoms with Crippen molar-refractivity contribution in [1.29, 1.82) is 0 Å². The van der Waals surface area contributed by atoms with Crippen molar-refractivity contribution in [3.63, 3.8) is 0 Å². The number of hydrogen-bond donors (Lipinski definition) is 0. The van der Waals surface area contributed by atoms with E-state index in [-0.39, 0.29) is 5.78 Å². The molecule has 0 aliphatic carbocycles. The van der Waals surface area contributed by atoms with Crippen molar-refractivity contribution >= 4 is 33.3 Å². The van der Waals surface area contributed by atoms with Crippen LogP contribution in [0, 0.1) is 0 Å². The molecule has 0 aliphatic heterocycles. The molecule has 110 valence electrons. The van der Waals surface area contributed by atoms with Gasteiger partial charge in [0.1, 0.15) is 12.4 Å². The van der Waals surface area contributed by atoms with Gasteiger partial charge < -0.3 is 9.47 Å². The van der Waals surface area contributed by atoms with Crippen LogP contribution in [-0.2, 0) is 4.74 Å². The molecule has 0 spiro atoms. The Labute approximate surface area is 137 Å². The Morgan fingerprint density at radius 2 is 1.76 bits per heavy atom. The molecule has 0 unspecified atom stereocenters. The molecule has 0 aliphatic rings. The maximum absolute atomic E-state index is 12.4. The highest BCUT2D eigenvalue weighted by molar-refractivity contribution is 9.10. The van der Waals surface area contributed by atoms with E-state index in [0.717, 1.165) is 4.47 Å². The number of carbonyl (C=O) groups is 1. The summed E-state index contributed by atoms with van der Waals surface area (Å²) in [5, 5.41) is 0.606. The van der Waals surface area contributed by atoms with E-state index in [1.165, 1.54) is 0 Å². The molecular weight excluding hydrogens is 356 g/mol. The van der Waals surface area contributed by atoms with E-state index < -0.39 is 0 Å². The molecule has 0 heterocycles. The zero-order valence-electron chi connectivity index (χ0n) is 11.4. The van der Waals surface area contributed by atoms with Crippen molar-refractivity contribution in [3.8, 4) is 5.75 Å². The minimum Gasteiger partial charge on any atom is -0.490 e. The predicted molar refractivity (Wildman–Crippen MR) is 86.4 cm³/mol. The van der Waals surface area contributed by atoms with E-state index in [0.29, 0.717) is 35.1 Å². The van der Waals surface area contributed by atoms with Crippen molar-refractivity contribution < 1.29 is 14.3 Å². The summed E-state index contributed by atoms with van der Waals surface area (Å²) >= 11 is 9.24. The first-order valence-electron chi connectivity index (χ1n) is 6.33. The van der Waals surface area contributed by atoms with E-state index in [4.69, 9.17) is 21.1 Å². The fourth-order valence-corrected chi connectivity index (χ4v) is 2.38. The largest absolute Gasteiger partial charge is 0.490 e. The Bertz CT molecular complexity index is 626. The van der Waals surface area contributed by atoms with Crippen LogP contribution in [0.5, 0.6) is 5.75 Å². The zero-order valence-corrected chi connectivity index (χ0v) is 13.8. The third kappa shape index (κ3) is 4.30. The van der Waals surface area contributed by atoms with E-state index in [9.17, 15) is 4.79 Å². The van der Waals surface area contributed by atoms with Crippen LogP contribution in [0.4, 0.5) is 0 Å². The fourth-order valence-electron chi connectivity index (χ4n) is 1.76. The third-order valence-corrected chi connectivity index (χ3v) is 3.72. The van der Waals surface area contributed by atoms with Gasteiger partial charge in [-0.25, -0.2) is 0 Å². The van der Waals surface area contributed by atoms with E-state index in [1.807, 2.05) is 0 Å². The summed E-state index contributed by atoms with van der Waals surface area (Å²) in [5.74, 6) is 0.621. The van der Waals surface area contributed by atoms with Crippen LogP contribution in [0.25, 0.3) is 0 Å². The summed E-state index contributed by atoms with van der Waals surface area (Å²) in [4.78, 5) is 12.4. The van der Waals surface area contributed by atoms with Gasteiger partial charge in [0.15, 0.2) is 5.78 Å². The Morgan fingerprint density at radius 3 is 2.38 bits per heavy atom. The van der Waals surface area contributed by atoms with Gasteiger partial charge in [0.25, 0.3) is 0 Å². The van der Waals surface area contributed by atoms with Crippen LogP contribution >= 0.6 is 27.5 Å². The Morgan fingerprint density at radius 1 is 1.10 bits per heavy atom. The lowest BCUT2D eigenvalue weighted by Gasteiger charge is -2.09. The van der Waals surface area contributed by atoms with Crippen molar-refractivity contribution in [2.45, 2.75) is 0 Å². The van der Waals surface area contributed by atoms with Crippen LogP contribution in [0.2, 0.25) is 5.02 Å². The van der Waals surface area contributed by atoms with Gasteiger partial charge in [-0.1, -0.05) is 11.6 Å². The highest BCUT2D eigenvalue weighted by Gasteiger charge is 2.11. The van der Waals surface area contributed by atoms with Crippen LogP contribution < -0.4 is 4.74 Å². The number of rotatable bonds is 6.